The summed E-state index contributed by atoms with van der Waals surface area (Å²) < 4.78 is 11.5. The Morgan fingerprint density at radius 2 is 1.76 bits per heavy atom. The van der Waals surface area contributed by atoms with Crippen LogP contribution in [-0.2, 0) is 17.9 Å². The maximum absolute atomic E-state index is 12.8. The van der Waals surface area contributed by atoms with Gasteiger partial charge in [0.1, 0.15) is 6.61 Å². The van der Waals surface area contributed by atoms with Crippen molar-refractivity contribution >= 4 is 40.6 Å². The van der Waals surface area contributed by atoms with Gasteiger partial charge >= 0.3 is 0 Å². The number of methoxy groups -OCH3 is 1. The second kappa shape index (κ2) is 10.1. The van der Waals surface area contributed by atoms with Crippen molar-refractivity contribution in [2.75, 3.05) is 7.11 Å². The predicted molar refractivity (Wildman–Crippen MR) is 131 cm³/mol. The van der Waals surface area contributed by atoms with E-state index in [-0.39, 0.29) is 17.7 Å². The molecule has 0 N–H and O–H groups in total. The summed E-state index contributed by atoms with van der Waals surface area (Å²) in [5.74, 6) is 0.548. The molecule has 168 valence electrons. The number of ether oxygens (including phenoxy) is 2. The number of hydrogen-bond acceptors (Lipinski definition) is 5. The third-order valence-electron chi connectivity index (χ3n) is 5.24. The normalized spacial score (nSPS) is 14.8. The van der Waals surface area contributed by atoms with E-state index in [1.54, 1.807) is 18.2 Å². The van der Waals surface area contributed by atoms with E-state index in [0.29, 0.717) is 33.6 Å². The van der Waals surface area contributed by atoms with Crippen molar-refractivity contribution in [3.8, 4) is 11.5 Å². The molecule has 7 heteroatoms. The fraction of sp³-hybridized carbons (Fsp3) is 0.154. The van der Waals surface area contributed by atoms with Gasteiger partial charge in [-0.15, -0.1) is 0 Å². The molecular weight excluding hydrogens is 458 g/mol. The number of carbonyl (C=O) groups excluding carboxylic acids is 2. The SMILES string of the molecule is COc1cc(/C=C2\SC(=O)N(Cc3ccccc3)C2=O)cc(Cl)c1OCc1ccccc1C. The van der Waals surface area contributed by atoms with Crippen molar-refractivity contribution in [3.63, 3.8) is 0 Å². The first-order valence-corrected chi connectivity index (χ1v) is 11.5. The van der Waals surface area contributed by atoms with Gasteiger partial charge in [0.15, 0.2) is 11.5 Å². The Kier molecular flexibility index (Phi) is 7.06. The summed E-state index contributed by atoms with van der Waals surface area (Å²) in [6.45, 7) is 2.60. The molecule has 1 aliphatic heterocycles. The van der Waals surface area contributed by atoms with E-state index in [1.165, 1.54) is 12.0 Å². The Hall–Kier alpha value is -3.22. The van der Waals surface area contributed by atoms with Crippen molar-refractivity contribution in [1.82, 2.24) is 4.90 Å². The quantitative estimate of drug-likeness (QED) is 0.363. The number of carbonyl (C=O) groups is 2. The van der Waals surface area contributed by atoms with Gasteiger partial charge in [-0.1, -0.05) is 66.2 Å². The van der Waals surface area contributed by atoms with E-state index in [0.717, 1.165) is 28.5 Å². The average Bonchev–Trinajstić information content (AvgIpc) is 3.07. The number of imide groups is 1. The number of halogens is 1. The molecule has 2 amide bonds. The molecule has 1 heterocycles. The topological polar surface area (TPSA) is 55.8 Å². The zero-order valence-corrected chi connectivity index (χ0v) is 19.8. The predicted octanol–water partition coefficient (Wildman–Crippen LogP) is 6.47. The molecule has 1 fully saturated rings. The van der Waals surface area contributed by atoms with Crippen molar-refractivity contribution in [2.45, 2.75) is 20.1 Å². The minimum atomic E-state index is -0.330. The van der Waals surface area contributed by atoms with Crippen LogP contribution in [0.25, 0.3) is 6.08 Å². The Balaban J connectivity index is 1.54. The van der Waals surface area contributed by atoms with Gasteiger partial charge in [0.05, 0.1) is 23.6 Å². The Morgan fingerprint density at radius 1 is 1.03 bits per heavy atom. The zero-order chi connectivity index (χ0) is 23.4. The molecule has 0 bridgehead atoms. The lowest BCUT2D eigenvalue weighted by molar-refractivity contribution is -0.123. The van der Waals surface area contributed by atoms with Crippen LogP contribution in [-0.4, -0.2) is 23.2 Å². The minimum absolute atomic E-state index is 0.235. The fourth-order valence-corrected chi connectivity index (χ4v) is 4.55. The summed E-state index contributed by atoms with van der Waals surface area (Å²) in [6.07, 6.45) is 1.65. The largest absolute Gasteiger partial charge is 0.493 e. The molecule has 0 saturated carbocycles. The zero-order valence-electron chi connectivity index (χ0n) is 18.2. The van der Waals surface area contributed by atoms with E-state index < -0.39 is 0 Å². The molecule has 3 aromatic rings. The van der Waals surface area contributed by atoms with E-state index in [1.807, 2.05) is 61.5 Å². The van der Waals surface area contributed by atoms with Crippen LogP contribution in [0.15, 0.2) is 71.6 Å². The Labute approximate surface area is 202 Å². The summed E-state index contributed by atoms with van der Waals surface area (Å²) in [5.41, 5.74) is 3.70. The Bertz CT molecular complexity index is 1230. The van der Waals surface area contributed by atoms with E-state index in [9.17, 15) is 9.59 Å². The maximum atomic E-state index is 12.8. The van der Waals surface area contributed by atoms with Gasteiger partial charge in [0.25, 0.3) is 11.1 Å². The van der Waals surface area contributed by atoms with E-state index >= 15 is 0 Å². The maximum Gasteiger partial charge on any atom is 0.293 e. The van der Waals surface area contributed by atoms with Crippen molar-refractivity contribution in [1.29, 1.82) is 0 Å². The Morgan fingerprint density at radius 3 is 2.48 bits per heavy atom. The molecule has 0 unspecified atom stereocenters. The van der Waals surface area contributed by atoms with Gasteiger partial charge in [-0.2, -0.15) is 0 Å². The summed E-state index contributed by atoms with van der Waals surface area (Å²) in [6, 6.07) is 20.8. The van der Waals surface area contributed by atoms with Gasteiger partial charge < -0.3 is 9.47 Å². The highest BCUT2D eigenvalue weighted by atomic mass is 35.5. The van der Waals surface area contributed by atoms with E-state index in [2.05, 4.69) is 0 Å². The van der Waals surface area contributed by atoms with Crippen LogP contribution in [0, 0.1) is 6.92 Å². The van der Waals surface area contributed by atoms with Crippen molar-refractivity contribution in [2.24, 2.45) is 0 Å². The minimum Gasteiger partial charge on any atom is -0.493 e. The van der Waals surface area contributed by atoms with Gasteiger partial charge in [-0.25, -0.2) is 0 Å². The molecule has 0 aliphatic carbocycles. The van der Waals surface area contributed by atoms with Crippen molar-refractivity contribution in [3.05, 3.63) is 98.9 Å². The number of thioether (sulfide) groups is 1. The first kappa shape index (κ1) is 23.0. The number of nitrogens with zero attached hydrogens (tertiary/aromatic N) is 1. The summed E-state index contributed by atoms with van der Waals surface area (Å²) in [4.78, 5) is 26.9. The number of amides is 2. The lowest BCUT2D eigenvalue weighted by Crippen LogP contribution is -2.27. The van der Waals surface area contributed by atoms with Crippen LogP contribution in [0.2, 0.25) is 5.02 Å². The molecule has 1 saturated heterocycles. The monoisotopic (exact) mass is 479 g/mol. The van der Waals surface area contributed by atoms with Gasteiger partial charge in [0.2, 0.25) is 0 Å². The molecule has 1 aliphatic rings. The van der Waals surface area contributed by atoms with Crippen molar-refractivity contribution < 1.29 is 19.1 Å². The number of benzene rings is 3. The molecule has 33 heavy (non-hydrogen) atoms. The third-order valence-corrected chi connectivity index (χ3v) is 6.43. The average molecular weight is 480 g/mol. The molecule has 0 aromatic heterocycles. The molecular formula is C26H22ClNO4S. The first-order chi connectivity index (χ1) is 16.0. The summed E-state index contributed by atoms with van der Waals surface area (Å²) in [5, 5.41) is 0.0593. The van der Waals surface area contributed by atoms with Crippen LogP contribution < -0.4 is 9.47 Å². The standard InChI is InChI=1S/C26H22ClNO4S/c1-17-8-6-7-11-20(17)16-32-24-21(27)12-19(13-22(24)31-2)14-23-25(29)28(26(30)33-23)15-18-9-4-3-5-10-18/h3-14H,15-16H2,1-2H3/b23-14-. The third kappa shape index (κ3) is 5.24. The number of rotatable bonds is 7. The highest BCUT2D eigenvalue weighted by Gasteiger charge is 2.35. The molecule has 0 atom stereocenters. The van der Waals surface area contributed by atoms with Crippen LogP contribution in [0.1, 0.15) is 22.3 Å². The first-order valence-electron chi connectivity index (χ1n) is 10.3. The van der Waals surface area contributed by atoms with Gasteiger partial charge in [0, 0.05) is 0 Å². The lowest BCUT2D eigenvalue weighted by Gasteiger charge is -2.14. The molecule has 0 spiro atoms. The number of hydrogen-bond donors (Lipinski definition) is 0. The number of aryl methyl sites for hydroxylation is 1. The fourth-order valence-electron chi connectivity index (χ4n) is 3.44. The summed E-state index contributed by atoms with van der Waals surface area (Å²) >= 11 is 7.41. The lowest BCUT2D eigenvalue weighted by atomic mass is 10.1. The van der Waals surface area contributed by atoms with Gasteiger partial charge in [-0.05, 0) is 59.1 Å². The second-order valence-corrected chi connectivity index (χ2v) is 8.90. The molecule has 3 aromatic carbocycles. The van der Waals surface area contributed by atoms with Crippen LogP contribution >= 0.6 is 23.4 Å². The van der Waals surface area contributed by atoms with Crippen LogP contribution in [0.5, 0.6) is 11.5 Å². The smallest absolute Gasteiger partial charge is 0.293 e. The van der Waals surface area contributed by atoms with Crippen LogP contribution in [0.4, 0.5) is 4.79 Å². The highest BCUT2D eigenvalue weighted by molar-refractivity contribution is 8.18. The molecule has 4 rings (SSSR count). The van der Waals surface area contributed by atoms with Crippen LogP contribution in [0.3, 0.4) is 0 Å². The van der Waals surface area contributed by atoms with E-state index in [4.69, 9.17) is 21.1 Å². The molecule has 5 nitrogen and oxygen atoms in total. The summed E-state index contributed by atoms with van der Waals surface area (Å²) in [7, 11) is 1.53. The highest BCUT2D eigenvalue weighted by Crippen LogP contribution is 2.39. The van der Waals surface area contributed by atoms with Gasteiger partial charge in [-0.3, -0.25) is 14.5 Å². The second-order valence-electron chi connectivity index (χ2n) is 7.50. The molecule has 0 radical (unpaired) electrons.